The van der Waals surface area contributed by atoms with E-state index in [0.29, 0.717) is 18.0 Å². The van der Waals surface area contributed by atoms with Gasteiger partial charge in [-0.25, -0.2) is 4.39 Å². The zero-order valence-electron chi connectivity index (χ0n) is 10.6. The Morgan fingerprint density at radius 3 is 2.59 bits per heavy atom. The van der Waals surface area contributed by atoms with E-state index in [1.165, 1.54) is 6.07 Å². The minimum atomic E-state index is -0.195. The second kappa shape index (κ2) is 6.47. The summed E-state index contributed by atoms with van der Waals surface area (Å²) in [5.74, 6) is 0.337. The molecule has 17 heavy (non-hydrogen) atoms. The molecule has 1 atom stereocenters. The Balaban J connectivity index is 2.96. The van der Waals surface area contributed by atoms with E-state index < -0.39 is 0 Å². The quantitative estimate of drug-likeness (QED) is 0.905. The highest BCUT2D eigenvalue weighted by Gasteiger charge is 2.19. The van der Waals surface area contributed by atoms with E-state index in [2.05, 4.69) is 34.7 Å². The molecule has 2 N–H and O–H groups in total. The van der Waals surface area contributed by atoms with Gasteiger partial charge in [0.25, 0.3) is 0 Å². The first-order chi connectivity index (χ1) is 7.95. The van der Waals surface area contributed by atoms with Crippen molar-refractivity contribution in [3.8, 4) is 0 Å². The van der Waals surface area contributed by atoms with Gasteiger partial charge in [0.05, 0.1) is 0 Å². The Kier molecular flexibility index (Phi) is 5.56. The van der Waals surface area contributed by atoms with Gasteiger partial charge in [0, 0.05) is 29.2 Å². The molecule has 0 aliphatic carbocycles. The monoisotopic (exact) mass is 302 g/mol. The van der Waals surface area contributed by atoms with Gasteiger partial charge in [-0.2, -0.15) is 0 Å². The lowest BCUT2D eigenvalue weighted by Gasteiger charge is -2.29. The summed E-state index contributed by atoms with van der Waals surface area (Å²) in [5.41, 5.74) is 6.43. The maximum absolute atomic E-state index is 13.8. The number of halogens is 2. The topological polar surface area (TPSA) is 29.3 Å². The summed E-state index contributed by atoms with van der Waals surface area (Å²) in [6.07, 6.45) is 0. The third kappa shape index (κ3) is 4.05. The van der Waals surface area contributed by atoms with Crippen LogP contribution in [0, 0.1) is 11.7 Å². The summed E-state index contributed by atoms with van der Waals surface area (Å²) in [6, 6.07) is 4.92. The fourth-order valence-corrected chi connectivity index (χ4v) is 2.40. The van der Waals surface area contributed by atoms with Crippen molar-refractivity contribution in [2.75, 3.05) is 20.1 Å². The molecule has 0 amide bonds. The van der Waals surface area contributed by atoms with E-state index in [-0.39, 0.29) is 11.9 Å². The highest BCUT2D eigenvalue weighted by Crippen LogP contribution is 2.25. The van der Waals surface area contributed by atoms with Crippen LogP contribution in [0.4, 0.5) is 4.39 Å². The zero-order valence-corrected chi connectivity index (χ0v) is 12.2. The third-order valence-corrected chi connectivity index (χ3v) is 3.22. The van der Waals surface area contributed by atoms with Gasteiger partial charge < -0.3 is 5.73 Å². The van der Waals surface area contributed by atoms with E-state index in [1.807, 2.05) is 13.1 Å². The average molecular weight is 303 g/mol. The van der Waals surface area contributed by atoms with Crippen LogP contribution >= 0.6 is 15.9 Å². The molecule has 0 fully saturated rings. The van der Waals surface area contributed by atoms with Crippen molar-refractivity contribution in [1.82, 2.24) is 4.90 Å². The highest BCUT2D eigenvalue weighted by molar-refractivity contribution is 9.10. The summed E-state index contributed by atoms with van der Waals surface area (Å²) < 4.78 is 14.7. The number of hydrogen-bond donors (Lipinski definition) is 1. The van der Waals surface area contributed by atoms with E-state index in [9.17, 15) is 4.39 Å². The van der Waals surface area contributed by atoms with Crippen molar-refractivity contribution in [3.63, 3.8) is 0 Å². The summed E-state index contributed by atoms with van der Waals surface area (Å²) >= 11 is 3.37. The molecule has 2 nitrogen and oxygen atoms in total. The minimum absolute atomic E-state index is 0.0742. The fourth-order valence-electron chi connectivity index (χ4n) is 2.02. The molecule has 96 valence electrons. The van der Waals surface area contributed by atoms with Gasteiger partial charge in [-0.3, -0.25) is 4.90 Å². The Hall–Kier alpha value is -0.450. The maximum atomic E-state index is 13.8. The molecule has 0 saturated heterocycles. The number of rotatable bonds is 5. The van der Waals surface area contributed by atoms with Gasteiger partial charge in [-0.05, 0) is 31.2 Å². The summed E-state index contributed by atoms with van der Waals surface area (Å²) in [4.78, 5) is 2.11. The molecular weight excluding hydrogens is 283 g/mol. The van der Waals surface area contributed by atoms with Crippen molar-refractivity contribution < 1.29 is 4.39 Å². The molecule has 0 aliphatic rings. The lowest BCUT2D eigenvalue weighted by molar-refractivity contribution is 0.219. The van der Waals surface area contributed by atoms with Crippen LogP contribution in [0.5, 0.6) is 0 Å². The van der Waals surface area contributed by atoms with Crippen LogP contribution in [0.15, 0.2) is 22.7 Å². The Morgan fingerprint density at radius 1 is 1.41 bits per heavy atom. The molecule has 0 radical (unpaired) electrons. The SMILES string of the molecule is CC(C)CN(C)C(CN)c1cc(Br)ccc1F. The van der Waals surface area contributed by atoms with Crippen LogP contribution in [-0.4, -0.2) is 25.0 Å². The molecule has 0 aromatic heterocycles. The highest BCUT2D eigenvalue weighted by atomic mass is 79.9. The molecule has 1 unspecified atom stereocenters. The van der Waals surface area contributed by atoms with Crippen LogP contribution in [0.3, 0.4) is 0 Å². The molecule has 0 saturated carbocycles. The molecule has 1 aromatic rings. The molecule has 0 heterocycles. The van der Waals surface area contributed by atoms with Crippen molar-refractivity contribution in [1.29, 1.82) is 0 Å². The molecule has 0 bridgehead atoms. The first-order valence-corrected chi connectivity index (χ1v) is 6.60. The largest absolute Gasteiger partial charge is 0.329 e. The van der Waals surface area contributed by atoms with Crippen LogP contribution in [-0.2, 0) is 0 Å². The minimum Gasteiger partial charge on any atom is -0.329 e. The molecule has 4 heteroatoms. The normalized spacial score (nSPS) is 13.4. The molecule has 1 aromatic carbocycles. The number of benzene rings is 1. The number of nitrogens with zero attached hydrogens (tertiary/aromatic N) is 1. The standard InChI is InChI=1S/C13H20BrFN2/c1-9(2)8-17(3)13(7-16)11-6-10(14)4-5-12(11)15/h4-6,9,13H,7-8,16H2,1-3H3. The predicted octanol–water partition coefficient (Wildman–Crippen LogP) is 3.18. The van der Waals surface area contributed by atoms with Gasteiger partial charge in [-0.1, -0.05) is 29.8 Å². The summed E-state index contributed by atoms with van der Waals surface area (Å²) in [7, 11) is 1.98. The van der Waals surface area contributed by atoms with Crippen molar-refractivity contribution in [2.45, 2.75) is 19.9 Å². The summed E-state index contributed by atoms with van der Waals surface area (Å²) in [5, 5.41) is 0. The zero-order chi connectivity index (χ0) is 13.0. The fraction of sp³-hybridized carbons (Fsp3) is 0.538. The second-order valence-electron chi connectivity index (χ2n) is 4.75. The van der Waals surface area contributed by atoms with E-state index >= 15 is 0 Å². The predicted molar refractivity (Wildman–Crippen MR) is 73.4 cm³/mol. The number of nitrogens with two attached hydrogens (primary N) is 1. The van der Waals surface area contributed by atoms with Gasteiger partial charge >= 0.3 is 0 Å². The molecule has 1 rings (SSSR count). The van der Waals surface area contributed by atoms with Crippen LogP contribution in [0.2, 0.25) is 0 Å². The summed E-state index contributed by atoms with van der Waals surface area (Å²) in [6.45, 7) is 5.59. The van der Waals surface area contributed by atoms with E-state index in [0.717, 1.165) is 11.0 Å². The van der Waals surface area contributed by atoms with E-state index in [1.54, 1.807) is 6.07 Å². The lowest BCUT2D eigenvalue weighted by atomic mass is 10.0. The Bertz CT molecular complexity index is 368. The van der Waals surface area contributed by atoms with Crippen LogP contribution in [0.1, 0.15) is 25.5 Å². The van der Waals surface area contributed by atoms with Crippen LogP contribution < -0.4 is 5.73 Å². The van der Waals surface area contributed by atoms with Gasteiger partial charge in [-0.15, -0.1) is 0 Å². The molecule has 0 spiro atoms. The average Bonchev–Trinajstić information content (AvgIpc) is 2.23. The van der Waals surface area contributed by atoms with Crippen molar-refractivity contribution >= 4 is 15.9 Å². The Labute approximate surface area is 111 Å². The molecular formula is C13H20BrFN2. The van der Waals surface area contributed by atoms with Crippen molar-refractivity contribution in [3.05, 3.63) is 34.1 Å². The maximum Gasteiger partial charge on any atom is 0.128 e. The number of likely N-dealkylation sites (N-methyl/N-ethyl adjacent to an activating group) is 1. The first-order valence-electron chi connectivity index (χ1n) is 5.81. The van der Waals surface area contributed by atoms with Gasteiger partial charge in [0.2, 0.25) is 0 Å². The van der Waals surface area contributed by atoms with Crippen LogP contribution in [0.25, 0.3) is 0 Å². The third-order valence-electron chi connectivity index (χ3n) is 2.73. The van der Waals surface area contributed by atoms with Crippen molar-refractivity contribution in [2.24, 2.45) is 11.7 Å². The lowest BCUT2D eigenvalue weighted by Crippen LogP contribution is -2.33. The number of hydrogen-bond acceptors (Lipinski definition) is 2. The van der Waals surface area contributed by atoms with Gasteiger partial charge in [0.1, 0.15) is 5.82 Å². The smallest absolute Gasteiger partial charge is 0.128 e. The Morgan fingerprint density at radius 2 is 2.06 bits per heavy atom. The molecule has 0 aliphatic heterocycles. The first kappa shape index (κ1) is 14.6. The van der Waals surface area contributed by atoms with E-state index in [4.69, 9.17) is 5.73 Å². The van der Waals surface area contributed by atoms with Gasteiger partial charge in [0.15, 0.2) is 0 Å². The second-order valence-corrected chi connectivity index (χ2v) is 5.67.